The molecule has 3 N–H and O–H groups in total. The molecule has 2 heterocycles. The van der Waals surface area contributed by atoms with Gasteiger partial charge in [-0.2, -0.15) is 0 Å². The highest BCUT2D eigenvalue weighted by molar-refractivity contribution is 5.75. The fourth-order valence-electron chi connectivity index (χ4n) is 3.54. The summed E-state index contributed by atoms with van der Waals surface area (Å²) in [5.74, 6) is 2.39. The molecule has 0 radical (unpaired) electrons. The Morgan fingerprint density at radius 2 is 2.10 bits per heavy atom. The van der Waals surface area contributed by atoms with Crippen LogP contribution in [0.15, 0.2) is 60.9 Å². The first-order valence-corrected chi connectivity index (χ1v) is 10.2. The topological polar surface area (TPSA) is 96.9 Å². The molecule has 31 heavy (non-hydrogen) atoms. The van der Waals surface area contributed by atoms with E-state index in [-0.39, 0.29) is 6.03 Å². The summed E-state index contributed by atoms with van der Waals surface area (Å²) in [5.41, 5.74) is 2.88. The Bertz CT molecular complexity index is 1130. The van der Waals surface area contributed by atoms with Crippen LogP contribution in [0, 0.1) is 0 Å². The third-order valence-corrected chi connectivity index (χ3v) is 5.13. The number of nitrogens with zero attached hydrogens (tertiary/aromatic N) is 3. The fourth-order valence-corrected chi connectivity index (χ4v) is 3.54. The number of nitrogens with one attached hydrogen (secondary N) is 3. The van der Waals surface area contributed by atoms with E-state index < -0.39 is 6.04 Å². The van der Waals surface area contributed by atoms with E-state index in [0.717, 1.165) is 46.8 Å². The predicted molar refractivity (Wildman–Crippen MR) is 119 cm³/mol. The third-order valence-electron chi connectivity index (χ3n) is 5.13. The highest BCUT2D eigenvalue weighted by Gasteiger charge is 2.21. The maximum absolute atomic E-state index is 12.6. The number of hydrogen-bond acceptors (Lipinski definition) is 4. The van der Waals surface area contributed by atoms with Crippen LogP contribution in [0.25, 0.3) is 11.0 Å². The molecule has 2 aromatic heterocycles. The van der Waals surface area contributed by atoms with Crippen molar-refractivity contribution < 1.29 is 9.53 Å². The number of benzene rings is 2. The summed E-state index contributed by atoms with van der Waals surface area (Å²) < 4.78 is 7.23. The highest BCUT2D eigenvalue weighted by Crippen LogP contribution is 2.24. The summed E-state index contributed by atoms with van der Waals surface area (Å²) in [6.07, 6.45) is 5.11. The van der Waals surface area contributed by atoms with Crippen molar-refractivity contribution >= 4 is 17.1 Å². The molecule has 0 saturated heterocycles. The third kappa shape index (κ3) is 4.85. The van der Waals surface area contributed by atoms with Crippen molar-refractivity contribution in [3.05, 3.63) is 78.1 Å². The monoisotopic (exact) mass is 418 g/mol. The first-order chi connectivity index (χ1) is 15.1. The minimum Gasteiger partial charge on any atom is -0.497 e. The number of hydrogen-bond donors (Lipinski definition) is 3. The molecular weight excluding hydrogens is 392 g/mol. The second kappa shape index (κ2) is 9.34. The van der Waals surface area contributed by atoms with Gasteiger partial charge in [0.2, 0.25) is 0 Å². The number of aromatic amines is 1. The number of imidazole rings is 2. The van der Waals surface area contributed by atoms with Gasteiger partial charge in [0.25, 0.3) is 0 Å². The van der Waals surface area contributed by atoms with Gasteiger partial charge in [0.15, 0.2) is 0 Å². The average Bonchev–Trinajstić information content (AvgIpc) is 3.40. The van der Waals surface area contributed by atoms with E-state index in [1.165, 1.54) is 0 Å². The lowest BCUT2D eigenvalue weighted by Gasteiger charge is -2.20. The van der Waals surface area contributed by atoms with Gasteiger partial charge in [-0.15, -0.1) is 0 Å². The van der Waals surface area contributed by atoms with Crippen LogP contribution in [0.4, 0.5) is 4.79 Å². The molecule has 1 atom stereocenters. The van der Waals surface area contributed by atoms with Crippen molar-refractivity contribution in [3.63, 3.8) is 0 Å². The number of amides is 2. The number of fused-ring (bicyclic) bond motifs is 1. The number of carbonyl (C=O) groups is 1. The standard InChI is InChI=1S/C23H26N6O2/c1-29-14-13-24-22(29)21(16-7-5-8-17(15-16)31-2)28-23(30)25-12-6-11-20-26-18-9-3-4-10-19(18)27-20/h3-5,7-10,13-15,21H,6,11-12H2,1-2H3,(H,26,27)(H2,25,28,30)/t21-/m1/s1. The molecule has 0 aliphatic rings. The quantitative estimate of drug-likeness (QED) is 0.383. The molecule has 2 amide bonds. The smallest absolute Gasteiger partial charge is 0.315 e. The first kappa shape index (κ1) is 20.5. The van der Waals surface area contributed by atoms with Gasteiger partial charge in [0.1, 0.15) is 23.4 Å². The average molecular weight is 419 g/mol. The fraction of sp³-hybridized carbons (Fsp3) is 0.261. The van der Waals surface area contributed by atoms with Gasteiger partial charge in [-0.05, 0) is 36.2 Å². The number of urea groups is 1. The number of ether oxygens (including phenoxy) is 1. The van der Waals surface area contributed by atoms with E-state index in [0.29, 0.717) is 6.54 Å². The molecule has 2 aromatic carbocycles. The number of H-pyrrole nitrogens is 1. The second-order valence-corrected chi connectivity index (χ2v) is 7.31. The van der Waals surface area contributed by atoms with Crippen LogP contribution in [0.2, 0.25) is 0 Å². The molecule has 0 aliphatic heterocycles. The van der Waals surface area contributed by atoms with Crippen molar-refractivity contribution in [2.24, 2.45) is 7.05 Å². The molecule has 4 rings (SSSR count). The van der Waals surface area contributed by atoms with E-state index in [9.17, 15) is 4.79 Å². The molecule has 4 aromatic rings. The van der Waals surface area contributed by atoms with Gasteiger partial charge in [-0.25, -0.2) is 14.8 Å². The number of aromatic nitrogens is 4. The zero-order chi connectivity index (χ0) is 21.6. The van der Waals surface area contributed by atoms with E-state index in [1.807, 2.05) is 66.3 Å². The summed E-state index contributed by atoms with van der Waals surface area (Å²) in [6, 6.07) is 14.9. The Labute approximate surface area is 180 Å². The van der Waals surface area contributed by atoms with Gasteiger partial charge in [-0.3, -0.25) is 0 Å². The zero-order valence-electron chi connectivity index (χ0n) is 17.6. The maximum Gasteiger partial charge on any atom is 0.315 e. The Hall–Kier alpha value is -3.81. The highest BCUT2D eigenvalue weighted by atomic mass is 16.5. The SMILES string of the molecule is COc1cccc([C@@H](NC(=O)NCCCc2nc3ccccc3[nH]2)c2nccn2C)c1. The molecular formula is C23H26N6O2. The summed E-state index contributed by atoms with van der Waals surface area (Å²) in [5, 5.41) is 5.97. The number of para-hydroxylation sites is 2. The maximum atomic E-state index is 12.6. The number of methoxy groups -OCH3 is 1. The largest absolute Gasteiger partial charge is 0.497 e. The summed E-state index contributed by atoms with van der Waals surface area (Å²) in [7, 11) is 3.53. The van der Waals surface area contributed by atoms with Crippen molar-refractivity contribution in [1.29, 1.82) is 0 Å². The number of aryl methyl sites for hydroxylation is 2. The molecule has 0 bridgehead atoms. The molecule has 0 fully saturated rings. The molecule has 0 aliphatic carbocycles. The van der Waals surface area contributed by atoms with Gasteiger partial charge in [0.05, 0.1) is 18.1 Å². The van der Waals surface area contributed by atoms with Crippen LogP contribution >= 0.6 is 0 Å². The molecule has 160 valence electrons. The zero-order valence-corrected chi connectivity index (χ0v) is 17.6. The van der Waals surface area contributed by atoms with Crippen LogP contribution < -0.4 is 15.4 Å². The molecule has 8 nitrogen and oxygen atoms in total. The summed E-state index contributed by atoms with van der Waals surface area (Å²) in [4.78, 5) is 24.9. The van der Waals surface area contributed by atoms with E-state index >= 15 is 0 Å². The first-order valence-electron chi connectivity index (χ1n) is 10.2. The van der Waals surface area contributed by atoms with Crippen molar-refractivity contribution in [2.75, 3.05) is 13.7 Å². The normalized spacial score (nSPS) is 11.9. The molecule has 8 heteroatoms. The molecule has 0 spiro atoms. The van der Waals surface area contributed by atoms with Crippen LogP contribution in [-0.4, -0.2) is 39.2 Å². The van der Waals surface area contributed by atoms with Gasteiger partial charge >= 0.3 is 6.03 Å². The van der Waals surface area contributed by atoms with Crippen molar-refractivity contribution in [1.82, 2.24) is 30.2 Å². The minimum atomic E-state index is -0.398. The number of carbonyl (C=O) groups excluding carboxylic acids is 1. The number of rotatable bonds is 8. The van der Waals surface area contributed by atoms with E-state index in [1.54, 1.807) is 13.3 Å². The second-order valence-electron chi connectivity index (χ2n) is 7.31. The minimum absolute atomic E-state index is 0.250. The Kier molecular flexibility index (Phi) is 6.16. The van der Waals surface area contributed by atoms with Crippen LogP contribution in [-0.2, 0) is 13.5 Å². The van der Waals surface area contributed by atoms with Gasteiger partial charge < -0.3 is 24.9 Å². The summed E-state index contributed by atoms with van der Waals surface area (Å²) >= 11 is 0. The van der Waals surface area contributed by atoms with Gasteiger partial charge in [-0.1, -0.05) is 24.3 Å². The van der Waals surface area contributed by atoms with E-state index in [4.69, 9.17) is 4.74 Å². The van der Waals surface area contributed by atoms with Crippen molar-refractivity contribution in [2.45, 2.75) is 18.9 Å². The van der Waals surface area contributed by atoms with Crippen LogP contribution in [0.5, 0.6) is 5.75 Å². The summed E-state index contributed by atoms with van der Waals surface area (Å²) in [6.45, 7) is 0.536. The van der Waals surface area contributed by atoms with E-state index in [2.05, 4.69) is 25.6 Å². The Morgan fingerprint density at radius 3 is 2.87 bits per heavy atom. The lowest BCUT2D eigenvalue weighted by Crippen LogP contribution is -2.39. The van der Waals surface area contributed by atoms with Gasteiger partial charge in [0, 0.05) is 32.4 Å². The predicted octanol–water partition coefficient (Wildman–Crippen LogP) is 3.33. The molecule has 0 saturated carbocycles. The van der Waals surface area contributed by atoms with Crippen LogP contribution in [0.3, 0.4) is 0 Å². The van der Waals surface area contributed by atoms with Crippen molar-refractivity contribution in [3.8, 4) is 5.75 Å². The Balaban J connectivity index is 1.36. The molecule has 0 unspecified atom stereocenters. The lowest BCUT2D eigenvalue weighted by atomic mass is 10.1. The lowest BCUT2D eigenvalue weighted by molar-refractivity contribution is 0.238. The Morgan fingerprint density at radius 1 is 1.23 bits per heavy atom. The van der Waals surface area contributed by atoms with Crippen LogP contribution in [0.1, 0.15) is 29.7 Å².